The normalized spacial score (nSPS) is 11.1. The van der Waals surface area contributed by atoms with E-state index in [9.17, 15) is 0 Å². The van der Waals surface area contributed by atoms with Crippen LogP contribution in [0.25, 0.3) is 32.3 Å². The van der Waals surface area contributed by atoms with Gasteiger partial charge in [0.1, 0.15) is 0 Å². The summed E-state index contributed by atoms with van der Waals surface area (Å²) in [6, 6.07) is 42.7. The van der Waals surface area contributed by atoms with Gasteiger partial charge in [-0.1, -0.05) is 84.9 Å². The number of fused-ring (bicyclic) bond motifs is 3. The maximum absolute atomic E-state index is 3.60. The van der Waals surface area contributed by atoms with Crippen molar-refractivity contribution in [3.05, 3.63) is 121 Å². The zero-order chi connectivity index (χ0) is 21.3. The highest BCUT2D eigenvalue weighted by molar-refractivity contribution is 5.98. The molecule has 0 spiro atoms. The number of hydrogen-bond donors (Lipinski definition) is 2. The third-order valence-electron chi connectivity index (χ3n) is 5.98. The van der Waals surface area contributed by atoms with Crippen LogP contribution in [0.2, 0.25) is 0 Å². The third-order valence-corrected chi connectivity index (χ3v) is 5.98. The SMILES string of the molecule is c1ccc2c(Nc3ccc4cc(Nc5cccc6ccccc56)ccc4c3)cccc2c1. The number of anilines is 4. The molecule has 6 rings (SSSR count). The van der Waals surface area contributed by atoms with E-state index in [-0.39, 0.29) is 0 Å². The lowest BCUT2D eigenvalue weighted by Gasteiger charge is -2.13. The van der Waals surface area contributed by atoms with Gasteiger partial charge in [-0.15, -0.1) is 0 Å². The molecule has 32 heavy (non-hydrogen) atoms. The second-order valence-electron chi connectivity index (χ2n) is 8.08. The lowest BCUT2D eigenvalue weighted by molar-refractivity contribution is 1.58. The molecule has 0 fully saturated rings. The van der Waals surface area contributed by atoms with E-state index in [1.165, 1.54) is 32.3 Å². The molecule has 152 valence electrons. The molecule has 0 heterocycles. The highest BCUT2D eigenvalue weighted by Gasteiger charge is 2.04. The summed E-state index contributed by atoms with van der Waals surface area (Å²) in [7, 11) is 0. The minimum Gasteiger partial charge on any atom is -0.355 e. The molecular weight excluding hydrogens is 388 g/mol. The minimum absolute atomic E-state index is 1.09. The summed E-state index contributed by atoms with van der Waals surface area (Å²) in [6.07, 6.45) is 0. The molecule has 0 saturated carbocycles. The zero-order valence-electron chi connectivity index (χ0n) is 17.5. The Kier molecular flexibility index (Phi) is 4.47. The first kappa shape index (κ1) is 18.5. The van der Waals surface area contributed by atoms with Crippen LogP contribution in [0.3, 0.4) is 0 Å². The van der Waals surface area contributed by atoms with Crippen LogP contribution in [0.1, 0.15) is 0 Å². The molecule has 0 amide bonds. The van der Waals surface area contributed by atoms with Crippen molar-refractivity contribution >= 4 is 55.1 Å². The molecule has 0 radical (unpaired) electrons. The molecule has 2 N–H and O–H groups in total. The Morgan fingerprint density at radius 1 is 0.344 bits per heavy atom. The predicted octanol–water partition coefficient (Wildman–Crippen LogP) is 8.63. The number of rotatable bonds is 4. The van der Waals surface area contributed by atoms with Crippen LogP contribution in [0.4, 0.5) is 22.7 Å². The first-order chi connectivity index (χ1) is 15.8. The molecule has 0 aliphatic rings. The standard InChI is InChI=1S/C30H22N2/c1-3-11-27-21(7-1)9-5-13-29(27)31-25-17-15-24-20-26(18-16-23(24)19-25)32-30-14-6-10-22-8-2-4-12-28(22)30/h1-20,31-32H. The molecule has 0 unspecified atom stereocenters. The monoisotopic (exact) mass is 410 g/mol. The third kappa shape index (κ3) is 3.42. The highest BCUT2D eigenvalue weighted by Crippen LogP contribution is 2.31. The summed E-state index contributed by atoms with van der Waals surface area (Å²) in [6.45, 7) is 0. The van der Waals surface area contributed by atoms with Crippen molar-refractivity contribution in [1.29, 1.82) is 0 Å². The molecular formula is C30H22N2. The van der Waals surface area contributed by atoms with Crippen LogP contribution < -0.4 is 10.6 Å². The Hall–Kier alpha value is -4.30. The largest absolute Gasteiger partial charge is 0.355 e. The molecule has 0 aliphatic carbocycles. The molecule has 0 bridgehead atoms. The number of hydrogen-bond acceptors (Lipinski definition) is 2. The van der Waals surface area contributed by atoms with Gasteiger partial charge in [0, 0.05) is 33.5 Å². The predicted molar refractivity (Wildman–Crippen MR) is 138 cm³/mol. The van der Waals surface area contributed by atoms with E-state index in [0.29, 0.717) is 0 Å². The van der Waals surface area contributed by atoms with Crippen molar-refractivity contribution in [1.82, 2.24) is 0 Å². The van der Waals surface area contributed by atoms with Crippen molar-refractivity contribution in [2.45, 2.75) is 0 Å². The summed E-state index contributed by atoms with van der Waals surface area (Å²) in [4.78, 5) is 0. The lowest BCUT2D eigenvalue weighted by atomic mass is 10.1. The van der Waals surface area contributed by atoms with Crippen molar-refractivity contribution in [2.75, 3.05) is 10.6 Å². The molecule has 0 saturated heterocycles. The van der Waals surface area contributed by atoms with E-state index >= 15 is 0 Å². The van der Waals surface area contributed by atoms with Gasteiger partial charge in [0.2, 0.25) is 0 Å². The van der Waals surface area contributed by atoms with Gasteiger partial charge in [0.25, 0.3) is 0 Å². The average molecular weight is 411 g/mol. The second-order valence-corrected chi connectivity index (χ2v) is 8.08. The topological polar surface area (TPSA) is 24.1 Å². The maximum atomic E-state index is 3.60. The summed E-state index contributed by atoms with van der Waals surface area (Å²) >= 11 is 0. The summed E-state index contributed by atoms with van der Waals surface area (Å²) in [5.41, 5.74) is 4.42. The minimum atomic E-state index is 1.09. The first-order valence-electron chi connectivity index (χ1n) is 10.9. The van der Waals surface area contributed by atoms with E-state index in [0.717, 1.165) is 22.7 Å². The lowest BCUT2D eigenvalue weighted by Crippen LogP contribution is -1.93. The van der Waals surface area contributed by atoms with Crippen LogP contribution in [0.5, 0.6) is 0 Å². The van der Waals surface area contributed by atoms with Crippen LogP contribution >= 0.6 is 0 Å². The van der Waals surface area contributed by atoms with Gasteiger partial charge in [-0.3, -0.25) is 0 Å². The van der Waals surface area contributed by atoms with Gasteiger partial charge in [0.15, 0.2) is 0 Å². The van der Waals surface area contributed by atoms with E-state index < -0.39 is 0 Å². The van der Waals surface area contributed by atoms with Crippen LogP contribution in [0.15, 0.2) is 121 Å². The molecule has 0 aliphatic heterocycles. The molecule has 2 heteroatoms. The summed E-state index contributed by atoms with van der Waals surface area (Å²) in [5, 5.41) is 14.5. The van der Waals surface area contributed by atoms with E-state index in [1.54, 1.807) is 0 Å². The van der Waals surface area contributed by atoms with Crippen LogP contribution in [-0.2, 0) is 0 Å². The van der Waals surface area contributed by atoms with Gasteiger partial charge in [-0.2, -0.15) is 0 Å². The van der Waals surface area contributed by atoms with Crippen LogP contribution in [-0.4, -0.2) is 0 Å². The molecule has 0 atom stereocenters. The number of nitrogens with one attached hydrogen (secondary N) is 2. The van der Waals surface area contributed by atoms with Crippen molar-refractivity contribution < 1.29 is 0 Å². The van der Waals surface area contributed by atoms with Crippen molar-refractivity contribution in [3.63, 3.8) is 0 Å². The molecule has 0 aromatic heterocycles. The quantitative estimate of drug-likeness (QED) is 0.304. The smallest absolute Gasteiger partial charge is 0.0463 e. The first-order valence-corrected chi connectivity index (χ1v) is 10.9. The maximum Gasteiger partial charge on any atom is 0.0463 e. The van der Waals surface area contributed by atoms with Gasteiger partial charge in [-0.25, -0.2) is 0 Å². The fraction of sp³-hybridized carbons (Fsp3) is 0. The highest BCUT2D eigenvalue weighted by atomic mass is 14.9. The molecule has 6 aromatic carbocycles. The van der Waals surface area contributed by atoms with Crippen molar-refractivity contribution in [2.24, 2.45) is 0 Å². The average Bonchev–Trinajstić information content (AvgIpc) is 2.85. The Morgan fingerprint density at radius 2 is 0.781 bits per heavy atom. The number of benzene rings is 6. The van der Waals surface area contributed by atoms with E-state index in [2.05, 4.69) is 132 Å². The summed E-state index contributed by atoms with van der Waals surface area (Å²) in [5.74, 6) is 0. The summed E-state index contributed by atoms with van der Waals surface area (Å²) < 4.78 is 0. The Bertz CT molecular complexity index is 1450. The fourth-order valence-electron chi connectivity index (χ4n) is 4.38. The van der Waals surface area contributed by atoms with Crippen LogP contribution in [0, 0.1) is 0 Å². The van der Waals surface area contributed by atoms with E-state index in [4.69, 9.17) is 0 Å². The van der Waals surface area contributed by atoms with Gasteiger partial charge in [-0.05, 0) is 57.9 Å². The van der Waals surface area contributed by atoms with E-state index in [1.807, 2.05) is 0 Å². The Balaban J connectivity index is 1.31. The van der Waals surface area contributed by atoms with Crippen molar-refractivity contribution in [3.8, 4) is 0 Å². The van der Waals surface area contributed by atoms with Gasteiger partial charge >= 0.3 is 0 Å². The Labute approximate surface area is 187 Å². The Morgan fingerprint density at radius 3 is 1.28 bits per heavy atom. The fourth-order valence-corrected chi connectivity index (χ4v) is 4.38. The molecule has 6 aromatic rings. The molecule has 2 nitrogen and oxygen atoms in total. The van der Waals surface area contributed by atoms with Gasteiger partial charge < -0.3 is 10.6 Å². The van der Waals surface area contributed by atoms with Gasteiger partial charge in [0.05, 0.1) is 0 Å². The second kappa shape index (κ2) is 7.75. The zero-order valence-corrected chi connectivity index (χ0v) is 17.5.